The Morgan fingerprint density at radius 3 is 2.54 bits per heavy atom. The van der Waals surface area contributed by atoms with Crippen molar-refractivity contribution < 1.29 is 19.5 Å². The number of hydrogen-bond acceptors (Lipinski definition) is 5. The molecule has 0 radical (unpaired) electrons. The Hall–Kier alpha value is -3.23. The van der Waals surface area contributed by atoms with Crippen LogP contribution >= 0.6 is 0 Å². The number of carboxylic acids is 1. The highest BCUT2D eigenvalue weighted by Crippen LogP contribution is 2.12. The number of nitrogens with zero attached hydrogens (tertiary/aromatic N) is 1. The van der Waals surface area contributed by atoms with Gasteiger partial charge in [0.1, 0.15) is 6.04 Å². The third-order valence-electron chi connectivity index (χ3n) is 3.42. The van der Waals surface area contributed by atoms with E-state index in [-0.39, 0.29) is 24.8 Å². The van der Waals surface area contributed by atoms with Crippen LogP contribution in [-0.4, -0.2) is 39.1 Å². The summed E-state index contributed by atoms with van der Waals surface area (Å²) in [6.45, 7) is 0. The monoisotopic (exact) mass is 332 g/mol. The first kappa shape index (κ1) is 17.1. The summed E-state index contributed by atoms with van der Waals surface area (Å²) in [6.07, 6.45) is -0.467. The van der Waals surface area contributed by atoms with Crippen molar-refractivity contribution in [3.63, 3.8) is 0 Å². The number of primary amides is 1. The van der Waals surface area contributed by atoms with E-state index in [2.05, 4.69) is 15.5 Å². The number of nitrogens with two attached hydrogens (primary N) is 1. The van der Waals surface area contributed by atoms with Gasteiger partial charge in [0, 0.05) is 11.8 Å². The zero-order chi connectivity index (χ0) is 17.7. The molecular formula is C15H16N4O5. The zero-order valence-electron chi connectivity index (χ0n) is 12.6. The van der Waals surface area contributed by atoms with Crippen LogP contribution in [0.5, 0.6) is 0 Å². The average molecular weight is 332 g/mol. The lowest BCUT2D eigenvalue weighted by Crippen LogP contribution is -2.42. The van der Waals surface area contributed by atoms with Gasteiger partial charge in [0.2, 0.25) is 11.8 Å². The molecule has 5 N–H and O–H groups in total. The first-order valence-corrected chi connectivity index (χ1v) is 7.15. The number of carboxylic acid groups (broad SMARTS) is 1. The standard InChI is InChI=1S/C15H16N4O5/c16-12(20)6-5-10(15(23)24)17-13(21)7-11-8-3-1-2-4-9(8)14(22)19-18-11/h1-4,10H,5-7H2,(H2,16,20)(H,17,21)(H,19,22)(H,23,24). The molecule has 1 unspecified atom stereocenters. The SMILES string of the molecule is NC(=O)CCC(NC(=O)Cc1n[nH]c(=O)c2ccccc12)C(=O)O. The Morgan fingerprint density at radius 2 is 1.92 bits per heavy atom. The second-order valence-electron chi connectivity index (χ2n) is 5.19. The van der Waals surface area contributed by atoms with Crippen LogP contribution < -0.4 is 16.6 Å². The van der Waals surface area contributed by atoms with Crippen LogP contribution in [0, 0.1) is 0 Å². The highest BCUT2D eigenvalue weighted by Gasteiger charge is 2.21. The number of fused-ring (bicyclic) bond motifs is 1. The van der Waals surface area contributed by atoms with Crippen molar-refractivity contribution in [3.8, 4) is 0 Å². The van der Waals surface area contributed by atoms with Crippen molar-refractivity contribution in [1.29, 1.82) is 0 Å². The number of rotatable bonds is 7. The molecule has 0 spiro atoms. The molecule has 0 aliphatic carbocycles. The van der Waals surface area contributed by atoms with Gasteiger partial charge in [0.05, 0.1) is 17.5 Å². The molecule has 1 atom stereocenters. The van der Waals surface area contributed by atoms with Crippen LogP contribution in [0.2, 0.25) is 0 Å². The molecule has 24 heavy (non-hydrogen) atoms. The number of hydrogen-bond donors (Lipinski definition) is 4. The van der Waals surface area contributed by atoms with Crippen LogP contribution in [0.15, 0.2) is 29.1 Å². The smallest absolute Gasteiger partial charge is 0.326 e. The van der Waals surface area contributed by atoms with Crippen molar-refractivity contribution in [2.24, 2.45) is 5.73 Å². The molecule has 2 aromatic rings. The number of amides is 2. The lowest BCUT2D eigenvalue weighted by atomic mass is 10.1. The minimum Gasteiger partial charge on any atom is -0.480 e. The summed E-state index contributed by atoms with van der Waals surface area (Å²) >= 11 is 0. The minimum atomic E-state index is -1.26. The number of carbonyl (C=O) groups is 3. The van der Waals surface area contributed by atoms with E-state index in [1.54, 1.807) is 24.3 Å². The van der Waals surface area contributed by atoms with E-state index in [0.29, 0.717) is 16.5 Å². The summed E-state index contributed by atoms with van der Waals surface area (Å²) < 4.78 is 0. The Bertz CT molecular complexity index is 845. The number of H-pyrrole nitrogens is 1. The number of aromatic nitrogens is 2. The van der Waals surface area contributed by atoms with Gasteiger partial charge in [-0.3, -0.25) is 14.4 Å². The highest BCUT2D eigenvalue weighted by molar-refractivity contribution is 5.90. The highest BCUT2D eigenvalue weighted by atomic mass is 16.4. The predicted molar refractivity (Wildman–Crippen MR) is 84.1 cm³/mol. The van der Waals surface area contributed by atoms with Gasteiger partial charge in [-0.2, -0.15) is 5.10 Å². The van der Waals surface area contributed by atoms with Crippen LogP contribution in [0.4, 0.5) is 0 Å². The Balaban J connectivity index is 2.14. The molecule has 1 heterocycles. The fourth-order valence-electron chi connectivity index (χ4n) is 2.25. The van der Waals surface area contributed by atoms with E-state index in [1.165, 1.54) is 0 Å². The van der Waals surface area contributed by atoms with Gasteiger partial charge in [0.15, 0.2) is 0 Å². The molecular weight excluding hydrogens is 316 g/mol. The van der Waals surface area contributed by atoms with Crippen molar-refractivity contribution in [3.05, 3.63) is 40.3 Å². The lowest BCUT2D eigenvalue weighted by molar-refractivity contribution is -0.142. The van der Waals surface area contributed by atoms with Gasteiger partial charge in [-0.15, -0.1) is 0 Å². The zero-order valence-corrected chi connectivity index (χ0v) is 12.6. The van der Waals surface area contributed by atoms with Gasteiger partial charge in [-0.05, 0) is 12.5 Å². The van der Waals surface area contributed by atoms with E-state index < -0.39 is 23.8 Å². The molecule has 1 aromatic carbocycles. The number of aromatic amines is 1. The normalized spacial score (nSPS) is 11.8. The Morgan fingerprint density at radius 1 is 1.25 bits per heavy atom. The fraction of sp³-hybridized carbons (Fsp3) is 0.267. The van der Waals surface area contributed by atoms with Gasteiger partial charge >= 0.3 is 5.97 Å². The second kappa shape index (κ2) is 7.36. The molecule has 2 rings (SSSR count). The summed E-state index contributed by atoms with van der Waals surface area (Å²) in [5.41, 5.74) is 4.93. The summed E-state index contributed by atoms with van der Waals surface area (Å²) in [4.78, 5) is 45.7. The maximum absolute atomic E-state index is 12.1. The molecule has 0 fully saturated rings. The molecule has 9 heteroatoms. The van der Waals surface area contributed by atoms with E-state index in [9.17, 15) is 19.2 Å². The molecule has 9 nitrogen and oxygen atoms in total. The lowest BCUT2D eigenvalue weighted by Gasteiger charge is -2.13. The molecule has 126 valence electrons. The maximum atomic E-state index is 12.1. The van der Waals surface area contributed by atoms with E-state index in [4.69, 9.17) is 10.8 Å². The number of nitrogens with one attached hydrogen (secondary N) is 2. The Labute approximate surface area is 135 Å². The van der Waals surface area contributed by atoms with Crippen molar-refractivity contribution in [2.75, 3.05) is 0 Å². The maximum Gasteiger partial charge on any atom is 0.326 e. The third kappa shape index (κ3) is 4.15. The van der Waals surface area contributed by atoms with Crippen molar-refractivity contribution >= 4 is 28.6 Å². The van der Waals surface area contributed by atoms with Gasteiger partial charge in [0.25, 0.3) is 5.56 Å². The van der Waals surface area contributed by atoms with Gasteiger partial charge in [-0.25, -0.2) is 9.89 Å². The molecule has 0 saturated carbocycles. The first-order chi connectivity index (χ1) is 11.4. The molecule has 0 saturated heterocycles. The molecule has 2 amide bonds. The van der Waals surface area contributed by atoms with Crippen LogP contribution in [-0.2, 0) is 20.8 Å². The van der Waals surface area contributed by atoms with Crippen LogP contribution in [0.1, 0.15) is 18.5 Å². The first-order valence-electron chi connectivity index (χ1n) is 7.15. The number of benzene rings is 1. The van der Waals surface area contributed by atoms with E-state index in [0.717, 1.165) is 0 Å². The largest absolute Gasteiger partial charge is 0.480 e. The van der Waals surface area contributed by atoms with Gasteiger partial charge < -0.3 is 16.2 Å². The summed E-state index contributed by atoms with van der Waals surface area (Å²) in [7, 11) is 0. The van der Waals surface area contributed by atoms with Crippen molar-refractivity contribution in [1.82, 2.24) is 15.5 Å². The third-order valence-corrected chi connectivity index (χ3v) is 3.42. The van der Waals surface area contributed by atoms with Crippen molar-refractivity contribution in [2.45, 2.75) is 25.3 Å². The van der Waals surface area contributed by atoms with Crippen LogP contribution in [0.25, 0.3) is 10.8 Å². The summed E-state index contributed by atoms with van der Waals surface area (Å²) in [5, 5.41) is 18.5. The quantitative estimate of drug-likeness (QED) is 0.525. The molecule has 1 aromatic heterocycles. The average Bonchev–Trinajstić information content (AvgIpc) is 2.54. The molecule has 0 aliphatic heterocycles. The molecule has 0 bridgehead atoms. The topological polar surface area (TPSA) is 155 Å². The second-order valence-corrected chi connectivity index (χ2v) is 5.19. The summed E-state index contributed by atoms with van der Waals surface area (Å²) in [6, 6.07) is 5.43. The Kier molecular flexibility index (Phi) is 5.25. The number of carbonyl (C=O) groups excluding carboxylic acids is 2. The molecule has 0 aliphatic rings. The predicted octanol–water partition coefficient (Wildman–Crippen LogP) is -0.699. The van der Waals surface area contributed by atoms with Crippen LogP contribution in [0.3, 0.4) is 0 Å². The minimum absolute atomic E-state index is 0.101. The van der Waals surface area contributed by atoms with E-state index >= 15 is 0 Å². The van der Waals surface area contributed by atoms with E-state index in [1.807, 2.05) is 0 Å². The number of aliphatic carboxylic acids is 1. The fourth-order valence-corrected chi connectivity index (χ4v) is 2.25. The summed E-state index contributed by atoms with van der Waals surface area (Å²) in [5.74, 6) is -2.50. The van der Waals surface area contributed by atoms with Gasteiger partial charge in [-0.1, -0.05) is 18.2 Å².